The van der Waals surface area contributed by atoms with Gasteiger partial charge in [0.2, 0.25) is 5.91 Å². The number of rotatable bonds is 6. The van der Waals surface area contributed by atoms with Crippen LogP contribution in [0.3, 0.4) is 0 Å². The molecule has 7 nitrogen and oxygen atoms in total. The van der Waals surface area contributed by atoms with Crippen LogP contribution in [0.2, 0.25) is 0 Å². The van der Waals surface area contributed by atoms with Gasteiger partial charge in [-0.05, 0) is 50.1 Å². The van der Waals surface area contributed by atoms with Crippen LogP contribution in [0.5, 0.6) is 0 Å². The predicted octanol–water partition coefficient (Wildman–Crippen LogP) is 2.07. The number of benzene rings is 1. The summed E-state index contributed by atoms with van der Waals surface area (Å²) >= 11 is 0. The highest BCUT2D eigenvalue weighted by Crippen LogP contribution is 2.31. The lowest BCUT2D eigenvalue weighted by Gasteiger charge is -2.39. The Labute approximate surface area is 147 Å². The van der Waals surface area contributed by atoms with E-state index in [0.717, 1.165) is 34.7 Å². The molecule has 0 atom stereocenters. The van der Waals surface area contributed by atoms with Crippen molar-refractivity contribution < 1.29 is 4.79 Å². The molecular weight excluding hydrogens is 316 g/mol. The van der Waals surface area contributed by atoms with Crippen molar-refractivity contribution in [1.29, 1.82) is 0 Å². The van der Waals surface area contributed by atoms with Gasteiger partial charge in [0.1, 0.15) is 5.82 Å². The summed E-state index contributed by atoms with van der Waals surface area (Å²) in [5, 5.41) is 5.16. The Hall–Kier alpha value is -2.51. The molecule has 25 heavy (non-hydrogen) atoms. The number of aromatic nitrogens is 1. The number of hydrazine groups is 1. The molecule has 0 saturated carbocycles. The zero-order chi connectivity index (χ0) is 18.1. The standard InChI is InChI=1S/C18H26N6O/c1-4-13-14(18(19)25)7-12(8-16(13)21-11(2)3)15-5-6-17(22-15)23-9-24(20)10-23/h5-8,11,21-22H,4,9-10,20H2,1-3H3,(H2,19,25). The average Bonchev–Trinajstić information content (AvgIpc) is 2.99. The third-order valence-corrected chi connectivity index (χ3v) is 4.34. The molecule has 1 amide bonds. The molecule has 0 unspecified atom stereocenters. The molecule has 1 aliphatic rings. The third kappa shape index (κ3) is 3.47. The van der Waals surface area contributed by atoms with E-state index in [4.69, 9.17) is 11.6 Å². The number of nitrogens with two attached hydrogens (primary N) is 2. The van der Waals surface area contributed by atoms with Gasteiger partial charge in [0.25, 0.3) is 0 Å². The Morgan fingerprint density at radius 2 is 2.04 bits per heavy atom. The molecule has 0 spiro atoms. The number of anilines is 2. The maximum atomic E-state index is 12.0. The van der Waals surface area contributed by atoms with Crippen molar-refractivity contribution >= 4 is 17.4 Å². The van der Waals surface area contributed by atoms with Gasteiger partial charge in [0.15, 0.2) is 0 Å². The molecule has 1 fully saturated rings. The molecule has 1 aromatic heterocycles. The quantitative estimate of drug-likeness (QED) is 0.602. The van der Waals surface area contributed by atoms with Gasteiger partial charge in [-0.15, -0.1) is 0 Å². The van der Waals surface area contributed by atoms with Crippen molar-refractivity contribution in [3.8, 4) is 11.3 Å². The van der Waals surface area contributed by atoms with Crippen molar-refractivity contribution in [3.05, 3.63) is 35.4 Å². The number of hydrogen-bond acceptors (Lipinski definition) is 5. The summed E-state index contributed by atoms with van der Waals surface area (Å²) in [5.74, 6) is 6.30. The highest BCUT2D eigenvalue weighted by molar-refractivity contribution is 5.97. The second kappa shape index (κ2) is 6.78. The number of amides is 1. The molecule has 6 N–H and O–H groups in total. The number of nitrogens with zero attached hydrogens (tertiary/aromatic N) is 2. The molecule has 1 saturated heterocycles. The van der Waals surface area contributed by atoms with Crippen LogP contribution in [0.25, 0.3) is 11.3 Å². The van der Waals surface area contributed by atoms with Crippen LogP contribution in [-0.2, 0) is 6.42 Å². The van der Waals surface area contributed by atoms with Crippen molar-refractivity contribution in [2.75, 3.05) is 23.6 Å². The number of primary amides is 1. The average molecular weight is 342 g/mol. The van der Waals surface area contributed by atoms with Crippen molar-refractivity contribution in [2.24, 2.45) is 11.6 Å². The van der Waals surface area contributed by atoms with Gasteiger partial charge in [0, 0.05) is 28.6 Å². The fraction of sp³-hybridized carbons (Fsp3) is 0.389. The maximum Gasteiger partial charge on any atom is 0.249 e. The van der Waals surface area contributed by atoms with Gasteiger partial charge in [0.05, 0.1) is 13.3 Å². The van der Waals surface area contributed by atoms with Crippen molar-refractivity contribution in [1.82, 2.24) is 9.99 Å². The first kappa shape index (κ1) is 17.3. The Morgan fingerprint density at radius 1 is 1.32 bits per heavy atom. The van der Waals surface area contributed by atoms with Crippen LogP contribution in [0.15, 0.2) is 24.3 Å². The number of carbonyl (C=O) groups is 1. The fourth-order valence-electron chi connectivity index (χ4n) is 3.15. The molecule has 2 heterocycles. The SMILES string of the molecule is CCc1c(NC(C)C)cc(-c2ccc(N3CN(N)C3)[nH]2)cc1C(N)=O. The topological polar surface area (TPSA) is 103 Å². The van der Waals surface area contributed by atoms with Crippen LogP contribution in [0, 0.1) is 0 Å². The Bertz CT molecular complexity index is 776. The number of H-pyrrole nitrogens is 1. The van der Waals surface area contributed by atoms with E-state index in [1.54, 1.807) is 5.01 Å². The Morgan fingerprint density at radius 3 is 2.60 bits per heavy atom. The van der Waals surface area contributed by atoms with E-state index in [2.05, 4.69) is 35.1 Å². The summed E-state index contributed by atoms with van der Waals surface area (Å²) in [6.45, 7) is 7.57. The first-order valence-corrected chi connectivity index (χ1v) is 8.56. The van der Waals surface area contributed by atoms with E-state index >= 15 is 0 Å². The Kier molecular flexibility index (Phi) is 4.69. The first-order valence-electron chi connectivity index (χ1n) is 8.56. The summed E-state index contributed by atoms with van der Waals surface area (Å²) in [4.78, 5) is 17.5. The molecule has 1 aromatic carbocycles. The lowest BCUT2D eigenvalue weighted by molar-refractivity contribution is 0.0999. The summed E-state index contributed by atoms with van der Waals surface area (Å²) in [7, 11) is 0. The molecule has 1 aliphatic heterocycles. The third-order valence-electron chi connectivity index (χ3n) is 4.34. The number of aromatic amines is 1. The van der Waals surface area contributed by atoms with Crippen molar-refractivity contribution in [3.63, 3.8) is 0 Å². The minimum absolute atomic E-state index is 0.261. The molecule has 0 radical (unpaired) electrons. The Balaban J connectivity index is 2.00. The lowest BCUT2D eigenvalue weighted by atomic mass is 9.97. The summed E-state index contributed by atoms with van der Waals surface area (Å²) in [5.41, 5.74) is 9.99. The van der Waals surface area contributed by atoms with Gasteiger partial charge in [-0.2, -0.15) is 0 Å². The normalized spacial score (nSPS) is 14.7. The van der Waals surface area contributed by atoms with Gasteiger partial charge in [-0.25, -0.2) is 5.01 Å². The lowest BCUT2D eigenvalue weighted by Crippen LogP contribution is -2.58. The van der Waals surface area contributed by atoms with E-state index in [1.807, 2.05) is 25.1 Å². The smallest absolute Gasteiger partial charge is 0.249 e. The highest BCUT2D eigenvalue weighted by Gasteiger charge is 2.22. The molecule has 0 aliphatic carbocycles. The van der Waals surface area contributed by atoms with Crippen LogP contribution < -0.4 is 21.8 Å². The molecule has 3 rings (SSSR count). The van der Waals surface area contributed by atoms with E-state index in [9.17, 15) is 4.79 Å². The zero-order valence-corrected chi connectivity index (χ0v) is 15.0. The van der Waals surface area contributed by atoms with E-state index in [-0.39, 0.29) is 6.04 Å². The molecule has 2 aromatic rings. The van der Waals surface area contributed by atoms with E-state index < -0.39 is 5.91 Å². The van der Waals surface area contributed by atoms with Crippen LogP contribution in [0.4, 0.5) is 11.5 Å². The molecule has 0 bridgehead atoms. The largest absolute Gasteiger partial charge is 0.383 e. The zero-order valence-electron chi connectivity index (χ0n) is 15.0. The summed E-state index contributed by atoms with van der Waals surface area (Å²) < 4.78 is 0. The van der Waals surface area contributed by atoms with Gasteiger partial charge >= 0.3 is 0 Å². The first-order chi connectivity index (χ1) is 11.9. The van der Waals surface area contributed by atoms with Crippen LogP contribution in [-0.4, -0.2) is 35.3 Å². The van der Waals surface area contributed by atoms with Crippen molar-refractivity contribution in [2.45, 2.75) is 33.2 Å². The van der Waals surface area contributed by atoms with Crippen LogP contribution in [0.1, 0.15) is 36.7 Å². The summed E-state index contributed by atoms with van der Waals surface area (Å²) in [6, 6.07) is 8.24. The summed E-state index contributed by atoms with van der Waals surface area (Å²) in [6.07, 6.45) is 0.740. The number of hydrogen-bond donors (Lipinski definition) is 4. The fourth-order valence-corrected chi connectivity index (χ4v) is 3.15. The minimum atomic E-state index is -0.404. The maximum absolute atomic E-state index is 12.0. The predicted molar refractivity (Wildman–Crippen MR) is 101 cm³/mol. The molecular formula is C18H26N6O. The molecule has 134 valence electrons. The second-order valence-corrected chi connectivity index (χ2v) is 6.74. The highest BCUT2D eigenvalue weighted by atomic mass is 16.1. The minimum Gasteiger partial charge on any atom is -0.383 e. The van der Waals surface area contributed by atoms with E-state index in [1.165, 1.54) is 0 Å². The van der Waals surface area contributed by atoms with Crippen LogP contribution >= 0.6 is 0 Å². The van der Waals surface area contributed by atoms with Gasteiger partial charge in [-0.1, -0.05) is 6.92 Å². The van der Waals surface area contributed by atoms with Gasteiger partial charge < -0.3 is 20.9 Å². The monoisotopic (exact) mass is 342 g/mol. The number of nitrogens with one attached hydrogen (secondary N) is 2. The second-order valence-electron chi connectivity index (χ2n) is 6.74. The van der Waals surface area contributed by atoms with Gasteiger partial charge in [-0.3, -0.25) is 10.6 Å². The molecule has 7 heteroatoms. The number of carbonyl (C=O) groups excluding carboxylic acids is 1. The van der Waals surface area contributed by atoms with E-state index in [0.29, 0.717) is 18.9 Å².